The second kappa shape index (κ2) is 6.55. The molecule has 1 aromatic rings. The van der Waals surface area contributed by atoms with E-state index in [0.29, 0.717) is 18.8 Å². The second-order valence-electron chi connectivity index (χ2n) is 5.99. The van der Waals surface area contributed by atoms with E-state index >= 15 is 0 Å². The number of hydrogen-bond donors (Lipinski definition) is 2. The van der Waals surface area contributed by atoms with E-state index in [4.69, 9.17) is 10.5 Å². The van der Waals surface area contributed by atoms with Gasteiger partial charge in [-0.2, -0.15) is 0 Å². The molecule has 0 radical (unpaired) electrons. The number of aliphatic hydroxyl groups is 1. The fourth-order valence-electron chi connectivity index (χ4n) is 3.14. The van der Waals surface area contributed by atoms with Gasteiger partial charge in [0.2, 0.25) is 0 Å². The Kier molecular flexibility index (Phi) is 5.00. The summed E-state index contributed by atoms with van der Waals surface area (Å²) in [6.07, 6.45) is 5.88. The molecule has 1 aromatic heterocycles. The number of rotatable bonds is 5. The highest BCUT2D eigenvalue weighted by Crippen LogP contribution is 2.38. The first kappa shape index (κ1) is 15.3. The molecule has 0 amide bonds. The minimum Gasteiger partial charge on any atom is -0.390 e. The molecule has 1 atom stereocenters. The number of nitrogens with zero attached hydrogens (tertiary/aromatic N) is 1. The van der Waals surface area contributed by atoms with Crippen molar-refractivity contribution in [1.29, 1.82) is 0 Å². The molecule has 112 valence electrons. The van der Waals surface area contributed by atoms with Crippen molar-refractivity contribution in [3.63, 3.8) is 0 Å². The minimum absolute atomic E-state index is 0.390. The molecule has 2 rings (SSSR count). The van der Waals surface area contributed by atoms with Gasteiger partial charge in [-0.25, -0.2) is 4.98 Å². The lowest BCUT2D eigenvalue weighted by Crippen LogP contribution is -2.48. The van der Waals surface area contributed by atoms with Crippen LogP contribution in [-0.2, 0) is 11.2 Å². The number of ether oxygens (including phenoxy) is 1. The molecule has 1 aliphatic rings. The van der Waals surface area contributed by atoms with Gasteiger partial charge >= 0.3 is 0 Å². The number of nitrogen functional groups attached to an aromatic ring is 1. The third-order valence-corrected chi connectivity index (χ3v) is 4.43. The second-order valence-corrected chi connectivity index (χ2v) is 5.99. The Morgan fingerprint density at radius 3 is 2.80 bits per heavy atom. The standard InChI is InChI=1S/C16H26N2O2/c1-3-20-16(7-4-12(2)5-8-16)14(19)10-13-6-9-18-15(17)11-13/h6,9,11-12,14,19H,3-5,7-8,10H2,1-2H3,(H2,17,18). The smallest absolute Gasteiger partial charge is 0.123 e. The van der Waals surface area contributed by atoms with Crippen molar-refractivity contribution >= 4 is 5.82 Å². The third kappa shape index (κ3) is 3.49. The predicted octanol–water partition coefficient (Wildman–Crippen LogP) is 2.55. The Hall–Kier alpha value is -1.13. The summed E-state index contributed by atoms with van der Waals surface area (Å²) < 4.78 is 5.99. The van der Waals surface area contributed by atoms with Crippen LogP contribution in [0.5, 0.6) is 0 Å². The average molecular weight is 278 g/mol. The van der Waals surface area contributed by atoms with E-state index in [9.17, 15) is 5.11 Å². The van der Waals surface area contributed by atoms with E-state index < -0.39 is 6.10 Å². The molecule has 0 aromatic carbocycles. The van der Waals surface area contributed by atoms with Gasteiger partial charge in [0.15, 0.2) is 0 Å². The van der Waals surface area contributed by atoms with Crippen LogP contribution >= 0.6 is 0 Å². The van der Waals surface area contributed by atoms with E-state index in [0.717, 1.165) is 37.2 Å². The fraction of sp³-hybridized carbons (Fsp3) is 0.688. The highest BCUT2D eigenvalue weighted by atomic mass is 16.5. The molecule has 20 heavy (non-hydrogen) atoms. The van der Waals surface area contributed by atoms with Crippen LogP contribution in [0.4, 0.5) is 5.82 Å². The van der Waals surface area contributed by atoms with E-state index in [1.807, 2.05) is 19.1 Å². The number of aromatic nitrogens is 1. The highest BCUT2D eigenvalue weighted by Gasteiger charge is 2.41. The van der Waals surface area contributed by atoms with Crippen LogP contribution in [0.2, 0.25) is 0 Å². The van der Waals surface area contributed by atoms with Gasteiger partial charge in [-0.05, 0) is 56.2 Å². The maximum absolute atomic E-state index is 10.7. The third-order valence-electron chi connectivity index (χ3n) is 4.43. The maximum Gasteiger partial charge on any atom is 0.123 e. The molecule has 4 nitrogen and oxygen atoms in total. The summed E-state index contributed by atoms with van der Waals surface area (Å²) in [4.78, 5) is 3.99. The van der Waals surface area contributed by atoms with Crippen molar-refractivity contribution in [2.45, 2.75) is 57.7 Å². The van der Waals surface area contributed by atoms with Gasteiger partial charge in [0.05, 0.1) is 11.7 Å². The number of anilines is 1. The zero-order chi connectivity index (χ0) is 14.6. The molecule has 3 N–H and O–H groups in total. The van der Waals surface area contributed by atoms with Gasteiger partial charge in [-0.1, -0.05) is 6.92 Å². The van der Waals surface area contributed by atoms with Crippen LogP contribution in [0.1, 0.15) is 45.1 Å². The van der Waals surface area contributed by atoms with Crippen molar-refractivity contribution in [1.82, 2.24) is 4.98 Å². The van der Waals surface area contributed by atoms with Crippen LogP contribution in [0, 0.1) is 5.92 Å². The summed E-state index contributed by atoms with van der Waals surface area (Å²) >= 11 is 0. The molecule has 0 spiro atoms. The Balaban J connectivity index is 2.09. The minimum atomic E-state index is -0.489. The average Bonchev–Trinajstić information content (AvgIpc) is 2.42. The zero-order valence-corrected chi connectivity index (χ0v) is 12.5. The first-order chi connectivity index (χ1) is 9.55. The fourth-order valence-corrected chi connectivity index (χ4v) is 3.14. The van der Waals surface area contributed by atoms with Crippen LogP contribution in [0.3, 0.4) is 0 Å². The first-order valence-corrected chi connectivity index (χ1v) is 7.58. The number of pyridine rings is 1. The molecule has 1 fully saturated rings. The van der Waals surface area contributed by atoms with Crippen molar-refractivity contribution < 1.29 is 9.84 Å². The van der Waals surface area contributed by atoms with Gasteiger partial charge < -0.3 is 15.6 Å². The Bertz CT molecular complexity index is 428. The molecule has 0 aliphatic heterocycles. The van der Waals surface area contributed by atoms with E-state index in [-0.39, 0.29) is 5.60 Å². The van der Waals surface area contributed by atoms with Crippen molar-refractivity contribution in [3.8, 4) is 0 Å². The number of nitrogens with two attached hydrogens (primary N) is 1. The van der Waals surface area contributed by atoms with Crippen LogP contribution in [0.25, 0.3) is 0 Å². The summed E-state index contributed by atoms with van der Waals surface area (Å²) in [6.45, 7) is 4.91. The molecule has 1 saturated carbocycles. The monoisotopic (exact) mass is 278 g/mol. The van der Waals surface area contributed by atoms with Crippen LogP contribution in [-0.4, -0.2) is 28.4 Å². The van der Waals surface area contributed by atoms with E-state index in [1.165, 1.54) is 0 Å². The Morgan fingerprint density at radius 1 is 1.50 bits per heavy atom. The quantitative estimate of drug-likeness (QED) is 0.868. The molecular formula is C16H26N2O2. The molecule has 4 heteroatoms. The molecule has 0 bridgehead atoms. The number of hydrogen-bond acceptors (Lipinski definition) is 4. The molecule has 0 saturated heterocycles. The molecule has 1 unspecified atom stereocenters. The predicted molar refractivity (Wildman–Crippen MR) is 80.3 cm³/mol. The van der Waals surface area contributed by atoms with Gasteiger partial charge in [0.25, 0.3) is 0 Å². The zero-order valence-electron chi connectivity index (χ0n) is 12.5. The topological polar surface area (TPSA) is 68.4 Å². The van der Waals surface area contributed by atoms with E-state index in [2.05, 4.69) is 11.9 Å². The molecule has 1 aliphatic carbocycles. The summed E-state index contributed by atoms with van der Waals surface area (Å²) in [7, 11) is 0. The van der Waals surface area contributed by atoms with Crippen LogP contribution in [0.15, 0.2) is 18.3 Å². The summed E-state index contributed by atoms with van der Waals surface area (Å²) in [5.41, 5.74) is 6.33. The Morgan fingerprint density at radius 2 is 2.20 bits per heavy atom. The first-order valence-electron chi connectivity index (χ1n) is 7.58. The molecule has 1 heterocycles. The van der Waals surface area contributed by atoms with Crippen molar-refractivity contribution in [2.24, 2.45) is 5.92 Å². The summed E-state index contributed by atoms with van der Waals surface area (Å²) in [6, 6.07) is 3.74. The van der Waals surface area contributed by atoms with Gasteiger partial charge in [0.1, 0.15) is 5.82 Å². The SMILES string of the molecule is CCOC1(C(O)Cc2ccnc(N)c2)CCC(C)CC1. The Labute approximate surface area is 121 Å². The van der Waals surface area contributed by atoms with Crippen molar-refractivity contribution in [2.75, 3.05) is 12.3 Å². The van der Waals surface area contributed by atoms with Crippen LogP contribution < -0.4 is 5.73 Å². The lowest BCUT2D eigenvalue weighted by atomic mass is 9.75. The van der Waals surface area contributed by atoms with Gasteiger partial charge in [0, 0.05) is 19.2 Å². The lowest BCUT2D eigenvalue weighted by Gasteiger charge is -2.42. The largest absolute Gasteiger partial charge is 0.390 e. The summed E-state index contributed by atoms with van der Waals surface area (Å²) in [5.74, 6) is 1.23. The lowest BCUT2D eigenvalue weighted by molar-refractivity contribution is -0.143. The molecular weight excluding hydrogens is 252 g/mol. The van der Waals surface area contributed by atoms with Gasteiger partial charge in [-0.3, -0.25) is 0 Å². The highest BCUT2D eigenvalue weighted by molar-refractivity contribution is 5.32. The normalized spacial score (nSPS) is 28.2. The number of aliphatic hydroxyl groups excluding tert-OH is 1. The van der Waals surface area contributed by atoms with Crippen molar-refractivity contribution in [3.05, 3.63) is 23.9 Å². The van der Waals surface area contributed by atoms with E-state index in [1.54, 1.807) is 6.20 Å². The van der Waals surface area contributed by atoms with Gasteiger partial charge in [-0.15, -0.1) is 0 Å². The summed E-state index contributed by atoms with van der Waals surface area (Å²) in [5, 5.41) is 10.7. The maximum atomic E-state index is 10.7.